The van der Waals surface area contributed by atoms with E-state index in [0.29, 0.717) is 17.5 Å². The molecule has 0 radical (unpaired) electrons. The molecule has 0 heterocycles. The lowest BCUT2D eigenvalue weighted by Crippen LogP contribution is -2.19. The Labute approximate surface area is 182 Å². The van der Waals surface area contributed by atoms with Gasteiger partial charge in [-0.05, 0) is 60.1 Å². The third-order valence-electron chi connectivity index (χ3n) is 4.42. The second kappa shape index (κ2) is 10.4. The van der Waals surface area contributed by atoms with Crippen LogP contribution in [0.3, 0.4) is 0 Å². The lowest BCUT2D eigenvalue weighted by Gasteiger charge is -2.15. The molecule has 0 aliphatic rings. The SMILES string of the molecule is CCOC(=O)Cc1ccc(NC(=S)Nc2cc(-c3ccccc3)ccc2OC)cc1. The average Bonchev–Trinajstić information content (AvgIpc) is 2.76. The highest BCUT2D eigenvalue weighted by Crippen LogP contribution is 2.30. The van der Waals surface area contributed by atoms with Gasteiger partial charge in [-0.3, -0.25) is 4.79 Å². The van der Waals surface area contributed by atoms with E-state index in [4.69, 9.17) is 21.7 Å². The van der Waals surface area contributed by atoms with Crippen LogP contribution >= 0.6 is 12.2 Å². The Balaban J connectivity index is 1.67. The molecule has 30 heavy (non-hydrogen) atoms. The van der Waals surface area contributed by atoms with Crippen molar-refractivity contribution in [1.82, 2.24) is 0 Å². The number of esters is 1. The molecular formula is C24H24N2O3S. The van der Waals surface area contributed by atoms with Crippen molar-refractivity contribution in [2.75, 3.05) is 24.4 Å². The molecule has 0 aromatic heterocycles. The number of carbonyl (C=O) groups is 1. The van der Waals surface area contributed by atoms with Crippen LogP contribution in [0, 0.1) is 0 Å². The Morgan fingerprint density at radius 1 is 0.933 bits per heavy atom. The third kappa shape index (κ3) is 5.81. The number of anilines is 2. The predicted octanol–water partition coefficient (Wildman–Crippen LogP) is 5.28. The minimum absolute atomic E-state index is 0.235. The highest BCUT2D eigenvalue weighted by atomic mass is 32.1. The number of ether oxygens (including phenoxy) is 2. The normalized spacial score (nSPS) is 10.2. The largest absolute Gasteiger partial charge is 0.495 e. The molecule has 6 heteroatoms. The van der Waals surface area contributed by atoms with Crippen molar-refractivity contribution in [3.05, 3.63) is 78.4 Å². The van der Waals surface area contributed by atoms with Crippen molar-refractivity contribution >= 4 is 34.7 Å². The van der Waals surface area contributed by atoms with Gasteiger partial charge in [0.15, 0.2) is 5.11 Å². The monoisotopic (exact) mass is 420 g/mol. The van der Waals surface area contributed by atoms with Gasteiger partial charge in [0.2, 0.25) is 0 Å². The van der Waals surface area contributed by atoms with Crippen LogP contribution in [0.1, 0.15) is 12.5 Å². The molecule has 154 valence electrons. The number of benzene rings is 3. The van der Waals surface area contributed by atoms with E-state index in [1.165, 1.54) is 0 Å². The summed E-state index contributed by atoms with van der Waals surface area (Å²) in [5, 5.41) is 6.80. The standard InChI is InChI=1S/C24H24N2O3S/c1-3-29-23(27)15-17-9-12-20(13-10-17)25-24(30)26-21-16-19(11-14-22(21)28-2)18-7-5-4-6-8-18/h4-14,16H,3,15H2,1-2H3,(H2,25,26,30). The molecule has 3 rings (SSSR count). The van der Waals surface area contributed by atoms with E-state index in [-0.39, 0.29) is 12.4 Å². The quantitative estimate of drug-likeness (QED) is 0.401. The third-order valence-corrected chi connectivity index (χ3v) is 4.62. The number of methoxy groups -OCH3 is 1. The minimum atomic E-state index is -0.235. The predicted molar refractivity (Wildman–Crippen MR) is 125 cm³/mol. The van der Waals surface area contributed by atoms with Gasteiger partial charge < -0.3 is 20.1 Å². The van der Waals surface area contributed by atoms with Crippen LogP contribution in [0.5, 0.6) is 5.75 Å². The molecule has 0 bridgehead atoms. The van der Waals surface area contributed by atoms with E-state index in [9.17, 15) is 4.79 Å². The fourth-order valence-electron chi connectivity index (χ4n) is 2.99. The number of hydrogen-bond donors (Lipinski definition) is 2. The first kappa shape index (κ1) is 21.3. The summed E-state index contributed by atoms with van der Waals surface area (Å²) in [4.78, 5) is 11.6. The molecule has 0 fully saturated rings. The van der Waals surface area contributed by atoms with Crippen LogP contribution in [-0.2, 0) is 16.0 Å². The molecule has 2 N–H and O–H groups in total. The molecule has 0 saturated carbocycles. The van der Waals surface area contributed by atoms with Gasteiger partial charge in [0.25, 0.3) is 0 Å². The second-order valence-corrected chi connectivity index (χ2v) is 6.95. The van der Waals surface area contributed by atoms with Gasteiger partial charge in [0.1, 0.15) is 5.75 Å². The van der Waals surface area contributed by atoms with Gasteiger partial charge in [-0.2, -0.15) is 0 Å². The van der Waals surface area contributed by atoms with Crippen molar-refractivity contribution < 1.29 is 14.3 Å². The summed E-state index contributed by atoms with van der Waals surface area (Å²) >= 11 is 5.47. The highest BCUT2D eigenvalue weighted by Gasteiger charge is 2.09. The smallest absolute Gasteiger partial charge is 0.310 e. The summed E-state index contributed by atoms with van der Waals surface area (Å²) in [5.74, 6) is 0.462. The summed E-state index contributed by atoms with van der Waals surface area (Å²) < 4.78 is 10.4. The van der Waals surface area contributed by atoms with E-state index in [2.05, 4.69) is 22.8 Å². The first-order valence-corrected chi connectivity index (χ1v) is 10.1. The van der Waals surface area contributed by atoms with Gasteiger partial charge in [0, 0.05) is 5.69 Å². The van der Waals surface area contributed by atoms with E-state index >= 15 is 0 Å². The molecule has 3 aromatic carbocycles. The van der Waals surface area contributed by atoms with Gasteiger partial charge in [-0.25, -0.2) is 0 Å². The fourth-order valence-corrected chi connectivity index (χ4v) is 3.21. The van der Waals surface area contributed by atoms with Crippen molar-refractivity contribution in [2.24, 2.45) is 0 Å². The molecule has 3 aromatic rings. The van der Waals surface area contributed by atoms with Crippen molar-refractivity contribution in [1.29, 1.82) is 0 Å². The molecule has 0 spiro atoms. The van der Waals surface area contributed by atoms with E-state index in [0.717, 1.165) is 28.1 Å². The molecular weight excluding hydrogens is 396 g/mol. The maximum Gasteiger partial charge on any atom is 0.310 e. The van der Waals surface area contributed by atoms with Crippen LogP contribution in [0.2, 0.25) is 0 Å². The number of hydrogen-bond acceptors (Lipinski definition) is 4. The number of thiocarbonyl (C=S) groups is 1. The van der Waals surface area contributed by atoms with Crippen LogP contribution in [0.15, 0.2) is 72.8 Å². The van der Waals surface area contributed by atoms with E-state index < -0.39 is 0 Å². The Hall–Kier alpha value is -3.38. The molecule has 0 saturated heterocycles. The molecule has 5 nitrogen and oxygen atoms in total. The van der Waals surface area contributed by atoms with Gasteiger partial charge in [-0.15, -0.1) is 0 Å². The topological polar surface area (TPSA) is 59.6 Å². The zero-order valence-electron chi connectivity index (χ0n) is 17.0. The van der Waals surface area contributed by atoms with Gasteiger partial charge in [0.05, 0.1) is 25.8 Å². The molecule has 0 amide bonds. The fraction of sp³-hybridized carbons (Fsp3) is 0.167. The first-order valence-electron chi connectivity index (χ1n) is 9.65. The minimum Gasteiger partial charge on any atom is -0.495 e. The van der Waals surface area contributed by atoms with E-state index in [1.54, 1.807) is 14.0 Å². The molecule has 0 aliphatic carbocycles. The average molecular weight is 421 g/mol. The van der Waals surface area contributed by atoms with Crippen molar-refractivity contribution in [3.63, 3.8) is 0 Å². The van der Waals surface area contributed by atoms with Gasteiger partial charge >= 0.3 is 5.97 Å². The molecule has 0 aliphatic heterocycles. The zero-order valence-corrected chi connectivity index (χ0v) is 17.8. The number of carbonyl (C=O) groups excluding carboxylic acids is 1. The second-order valence-electron chi connectivity index (χ2n) is 6.54. The summed E-state index contributed by atoms with van der Waals surface area (Å²) in [6.07, 6.45) is 0.250. The maximum atomic E-state index is 11.6. The number of nitrogens with one attached hydrogen (secondary N) is 2. The molecule has 0 atom stereocenters. The first-order chi connectivity index (χ1) is 14.6. The Morgan fingerprint density at radius 3 is 2.33 bits per heavy atom. The van der Waals surface area contributed by atoms with Crippen LogP contribution in [0.25, 0.3) is 11.1 Å². The van der Waals surface area contributed by atoms with Crippen molar-refractivity contribution in [2.45, 2.75) is 13.3 Å². The summed E-state index contributed by atoms with van der Waals surface area (Å²) in [6, 6.07) is 23.5. The Kier molecular flexibility index (Phi) is 7.40. The Morgan fingerprint density at radius 2 is 1.67 bits per heavy atom. The van der Waals surface area contributed by atoms with E-state index in [1.807, 2.05) is 60.7 Å². The van der Waals surface area contributed by atoms with Gasteiger partial charge in [-0.1, -0.05) is 48.5 Å². The number of rotatable bonds is 7. The Bertz CT molecular complexity index is 1000. The highest BCUT2D eigenvalue weighted by molar-refractivity contribution is 7.80. The van der Waals surface area contributed by atoms with Crippen LogP contribution < -0.4 is 15.4 Å². The zero-order chi connectivity index (χ0) is 21.3. The van der Waals surface area contributed by atoms with Crippen molar-refractivity contribution in [3.8, 4) is 16.9 Å². The summed E-state index contributed by atoms with van der Waals surface area (Å²) in [7, 11) is 1.63. The lowest BCUT2D eigenvalue weighted by molar-refractivity contribution is -0.142. The molecule has 0 unspecified atom stereocenters. The maximum absolute atomic E-state index is 11.6. The summed E-state index contributed by atoms with van der Waals surface area (Å²) in [6.45, 7) is 2.18. The summed E-state index contributed by atoms with van der Waals surface area (Å²) in [5.41, 5.74) is 4.65. The van der Waals surface area contributed by atoms with Crippen LogP contribution in [-0.4, -0.2) is 24.8 Å². The van der Waals surface area contributed by atoms with Crippen LogP contribution in [0.4, 0.5) is 11.4 Å². The lowest BCUT2D eigenvalue weighted by atomic mass is 10.0.